The van der Waals surface area contributed by atoms with Crippen LogP contribution in [0, 0.1) is 5.82 Å². The molecule has 2 N–H and O–H groups in total. The Morgan fingerprint density at radius 3 is 3.00 bits per heavy atom. The molecule has 5 nitrogen and oxygen atoms in total. The third-order valence-corrected chi connectivity index (χ3v) is 2.31. The van der Waals surface area contributed by atoms with Crippen molar-refractivity contribution in [2.45, 2.75) is 6.61 Å². The van der Waals surface area contributed by atoms with Crippen LogP contribution in [0.1, 0.15) is 5.01 Å². The summed E-state index contributed by atoms with van der Waals surface area (Å²) < 4.78 is 17.9. The first-order chi connectivity index (χ1) is 7.25. The van der Waals surface area contributed by atoms with Crippen molar-refractivity contribution in [3.05, 3.63) is 28.6 Å². The predicted octanol–water partition coefficient (Wildman–Crippen LogP) is 1.23. The number of rotatable bonds is 3. The Kier molecular flexibility index (Phi) is 2.72. The van der Waals surface area contributed by atoms with E-state index in [1.807, 2.05) is 5.38 Å². The molecule has 0 fully saturated rings. The highest BCUT2D eigenvalue weighted by Gasteiger charge is 2.04. The number of anilines is 1. The summed E-state index contributed by atoms with van der Waals surface area (Å²) in [6.07, 6.45) is 2.64. The van der Waals surface area contributed by atoms with Crippen molar-refractivity contribution in [2.75, 3.05) is 5.73 Å². The SMILES string of the molecule is Nc1nc(OCc2nccs2)ncc1F. The molecule has 15 heavy (non-hydrogen) atoms. The molecule has 0 radical (unpaired) electrons. The first-order valence-electron chi connectivity index (χ1n) is 4.05. The first-order valence-corrected chi connectivity index (χ1v) is 4.93. The van der Waals surface area contributed by atoms with Gasteiger partial charge in [0.15, 0.2) is 11.6 Å². The van der Waals surface area contributed by atoms with Crippen molar-refractivity contribution in [1.29, 1.82) is 0 Å². The fourth-order valence-corrected chi connectivity index (χ4v) is 1.41. The standard InChI is InChI=1S/C8H7FN4OS/c9-5-3-12-8(13-7(5)10)14-4-6-11-1-2-15-6/h1-3H,4H2,(H2,10,12,13). The summed E-state index contributed by atoms with van der Waals surface area (Å²) in [6, 6.07) is 0.0455. The molecule has 0 unspecified atom stereocenters. The van der Waals surface area contributed by atoms with Crippen LogP contribution in [0.3, 0.4) is 0 Å². The third kappa shape index (κ3) is 2.38. The Morgan fingerprint density at radius 1 is 1.47 bits per heavy atom. The molecule has 2 aromatic heterocycles. The maximum atomic E-state index is 12.7. The molecule has 0 atom stereocenters. The molecule has 0 aliphatic rings. The molecule has 7 heteroatoms. The van der Waals surface area contributed by atoms with Crippen molar-refractivity contribution < 1.29 is 9.13 Å². The summed E-state index contributed by atoms with van der Waals surface area (Å²) in [7, 11) is 0. The average Bonchev–Trinajstić information content (AvgIpc) is 2.73. The van der Waals surface area contributed by atoms with E-state index < -0.39 is 5.82 Å². The second-order valence-corrected chi connectivity index (χ2v) is 3.58. The Bertz CT molecular complexity index is 448. The lowest BCUT2D eigenvalue weighted by atomic mass is 10.6. The van der Waals surface area contributed by atoms with Crippen LogP contribution in [0.2, 0.25) is 0 Å². The molecular formula is C8H7FN4OS. The second-order valence-electron chi connectivity index (χ2n) is 2.60. The van der Waals surface area contributed by atoms with Crippen LogP contribution in [-0.4, -0.2) is 15.0 Å². The summed E-state index contributed by atoms with van der Waals surface area (Å²) in [5.41, 5.74) is 5.25. The Hall–Kier alpha value is -1.76. The van der Waals surface area contributed by atoms with Crippen molar-refractivity contribution in [2.24, 2.45) is 0 Å². The van der Waals surface area contributed by atoms with E-state index in [0.717, 1.165) is 11.2 Å². The number of nitrogen functional groups attached to an aromatic ring is 1. The average molecular weight is 226 g/mol. The molecule has 0 aliphatic heterocycles. The summed E-state index contributed by atoms with van der Waals surface area (Å²) in [5.74, 6) is -0.879. The normalized spacial score (nSPS) is 10.2. The zero-order valence-electron chi connectivity index (χ0n) is 7.55. The predicted molar refractivity (Wildman–Crippen MR) is 52.8 cm³/mol. The van der Waals surface area contributed by atoms with Crippen LogP contribution in [0.5, 0.6) is 6.01 Å². The molecule has 2 aromatic rings. The quantitative estimate of drug-likeness (QED) is 0.852. The van der Waals surface area contributed by atoms with E-state index in [1.54, 1.807) is 6.20 Å². The maximum Gasteiger partial charge on any atom is 0.318 e. The van der Waals surface area contributed by atoms with E-state index >= 15 is 0 Å². The van der Waals surface area contributed by atoms with Gasteiger partial charge in [-0.05, 0) is 0 Å². The number of ether oxygens (including phenoxy) is 1. The maximum absolute atomic E-state index is 12.7. The number of hydrogen-bond donors (Lipinski definition) is 1. The molecule has 0 saturated carbocycles. The van der Waals surface area contributed by atoms with Crippen LogP contribution in [-0.2, 0) is 6.61 Å². The molecule has 0 aromatic carbocycles. The van der Waals surface area contributed by atoms with Gasteiger partial charge >= 0.3 is 6.01 Å². The Labute approximate surface area is 88.8 Å². The summed E-state index contributed by atoms with van der Waals surface area (Å²) in [6.45, 7) is 0.253. The molecule has 78 valence electrons. The van der Waals surface area contributed by atoms with Gasteiger partial charge < -0.3 is 10.5 Å². The fourth-order valence-electron chi connectivity index (χ4n) is 0.883. The lowest BCUT2D eigenvalue weighted by molar-refractivity contribution is 0.279. The lowest BCUT2D eigenvalue weighted by Crippen LogP contribution is -2.03. The first kappa shape index (κ1) is 9.78. The number of halogens is 1. The molecule has 0 saturated heterocycles. The van der Waals surface area contributed by atoms with Crippen molar-refractivity contribution >= 4 is 17.2 Å². The third-order valence-electron chi connectivity index (χ3n) is 1.56. The highest BCUT2D eigenvalue weighted by Crippen LogP contribution is 2.12. The number of nitrogens with two attached hydrogens (primary N) is 1. The van der Waals surface area contributed by atoms with Gasteiger partial charge in [0.25, 0.3) is 0 Å². The van der Waals surface area contributed by atoms with Crippen LogP contribution in [0.15, 0.2) is 17.8 Å². The molecule has 2 rings (SSSR count). The largest absolute Gasteiger partial charge is 0.456 e. The van der Waals surface area contributed by atoms with E-state index in [0.29, 0.717) is 0 Å². The van der Waals surface area contributed by atoms with E-state index in [9.17, 15) is 4.39 Å². The fraction of sp³-hybridized carbons (Fsp3) is 0.125. The number of nitrogens with zero attached hydrogens (tertiary/aromatic N) is 3. The number of thiazole rings is 1. The molecule has 0 amide bonds. The van der Waals surface area contributed by atoms with E-state index in [2.05, 4.69) is 15.0 Å². The Balaban J connectivity index is 2.02. The van der Waals surface area contributed by atoms with Crippen LogP contribution < -0.4 is 10.5 Å². The highest BCUT2D eigenvalue weighted by molar-refractivity contribution is 7.09. The monoisotopic (exact) mass is 226 g/mol. The van der Waals surface area contributed by atoms with Gasteiger partial charge in [0.2, 0.25) is 0 Å². The van der Waals surface area contributed by atoms with Gasteiger partial charge in [0.1, 0.15) is 11.6 Å². The molecular weight excluding hydrogens is 219 g/mol. The summed E-state index contributed by atoms with van der Waals surface area (Å²) in [4.78, 5) is 11.2. The van der Waals surface area contributed by atoms with Gasteiger partial charge in [-0.2, -0.15) is 4.98 Å². The van der Waals surface area contributed by atoms with Gasteiger partial charge in [0.05, 0.1) is 6.20 Å². The van der Waals surface area contributed by atoms with Gasteiger partial charge in [-0.25, -0.2) is 14.4 Å². The minimum atomic E-state index is -0.656. The lowest BCUT2D eigenvalue weighted by Gasteiger charge is -2.02. The van der Waals surface area contributed by atoms with Crippen molar-refractivity contribution in [1.82, 2.24) is 15.0 Å². The van der Waals surface area contributed by atoms with E-state index in [-0.39, 0.29) is 18.4 Å². The number of hydrogen-bond acceptors (Lipinski definition) is 6. The van der Waals surface area contributed by atoms with E-state index in [4.69, 9.17) is 10.5 Å². The highest BCUT2D eigenvalue weighted by atomic mass is 32.1. The molecule has 2 heterocycles. The second kappa shape index (κ2) is 4.18. The zero-order valence-corrected chi connectivity index (χ0v) is 8.37. The smallest absolute Gasteiger partial charge is 0.318 e. The number of aromatic nitrogens is 3. The van der Waals surface area contributed by atoms with Crippen LogP contribution >= 0.6 is 11.3 Å². The Morgan fingerprint density at radius 2 is 2.33 bits per heavy atom. The zero-order chi connectivity index (χ0) is 10.7. The van der Waals surface area contributed by atoms with Crippen LogP contribution in [0.4, 0.5) is 10.2 Å². The molecule has 0 aliphatic carbocycles. The minimum absolute atomic E-state index is 0.0455. The summed E-state index contributed by atoms with van der Waals surface area (Å²) in [5, 5.41) is 2.62. The van der Waals surface area contributed by atoms with Crippen molar-refractivity contribution in [3.8, 4) is 6.01 Å². The van der Waals surface area contributed by atoms with E-state index in [1.165, 1.54) is 11.3 Å². The summed E-state index contributed by atoms with van der Waals surface area (Å²) >= 11 is 1.45. The molecule has 0 bridgehead atoms. The molecule has 0 spiro atoms. The van der Waals surface area contributed by atoms with Gasteiger partial charge in [-0.3, -0.25) is 0 Å². The van der Waals surface area contributed by atoms with Crippen molar-refractivity contribution in [3.63, 3.8) is 0 Å². The topological polar surface area (TPSA) is 73.9 Å². The van der Waals surface area contributed by atoms with Gasteiger partial charge in [-0.1, -0.05) is 0 Å². The van der Waals surface area contributed by atoms with Crippen LogP contribution in [0.25, 0.3) is 0 Å². The van der Waals surface area contributed by atoms with Gasteiger partial charge in [-0.15, -0.1) is 11.3 Å². The minimum Gasteiger partial charge on any atom is -0.456 e. The van der Waals surface area contributed by atoms with Gasteiger partial charge in [0, 0.05) is 11.6 Å².